The van der Waals surface area contributed by atoms with Crippen LogP contribution < -0.4 is 0 Å². The van der Waals surface area contributed by atoms with Crippen LogP contribution in [0.4, 0.5) is 0 Å². The van der Waals surface area contributed by atoms with Crippen LogP contribution in [-0.4, -0.2) is 38.5 Å². The molecule has 0 N–H and O–H groups in total. The van der Waals surface area contributed by atoms with Gasteiger partial charge in [0.25, 0.3) is 5.91 Å². The van der Waals surface area contributed by atoms with Crippen LogP contribution in [0.3, 0.4) is 0 Å². The number of carbonyl (C=O) groups excluding carboxylic acids is 1. The predicted octanol–water partition coefficient (Wildman–Crippen LogP) is 3.95. The average Bonchev–Trinajstić information content (AvgIpc) is 2.99. The molecule has 26 heavy (non-hydrogen) atoms. The summed E-state index contributed by atoms with van der Waals surface area (Å²) < 4.78 is 1.82. The van der Waals surface area contributed by atoms with E-state index in [1.54, 1.807) is 6.20 Å². The van der Waals surface area contributed by atoms with Gasteiger partial charge in [0, 0.05) is 24.8 Å². The maximum absolute atomic E-state index is 12.9. The SMILES string of the molecule is Cc1cccc(-c2c(C)nn3c(C)c(C(=O)N4CCCCC4)cnc23)c1. The molecule has 0 aliphatic carbocycles. The van der Waals surface area contributed by atoms with Crippen LogP contribution >= 0.6 is 0 Å². The number of rotatable bonds is 2. The number of hydrogen-bond acceptors (Lipinski definition) is 3. The summed E-state index contributed by atoms with van der Waals surface area (Å²) in [5.74, 6) is 0.0712. The Labute approximate surface area is 153 Å². The van der Waals surface area contributed by atoms with Crippen LogP contribution in [0.2, 0.25) is 0 Å². The van der Waals surface area contributed by atoms with Gasteiger partial charge in [-0.1, -0.05) is 29.8 Å². The Bertz CT molecular complexity index is 983. The van der Waals surface area contributed by atoms with Gasteiger partial charge >= 0.3 is 0 Å². The van der Waals surface area contributed by atoms with Gasteiger partial charge in [0.05, 0.1) is 17.0 Å². The van der Waals surface area contributed by atoms with Crippen molar-refractivity contribution in [1.82, 2.24) is 19.5 Å². The van der Waals surface area contributed by atoms with Gasteiger partial charge in [-0.25, -0.2) is 9.50 Å². The smallest absolute Gasteiger partial charge is 0.257 e. The van der Waals surface area contributed by atoms with Crippen LogP contribution in [0.5, 0.6) is 0 Å². The van der Waals surface area contributed by atoms with E-state index in [2.05, 4.69) is 36.2 Å². The maximum Gasteiger partial charge on any atom is 0.257 e. The van der Waals surface area contributed by atoms with Crippen molar-refractivity contribution in [2.45, 2.75) is 40.0 Å². The fraction of sp³-hybridized carbons (Fsp3) is 0.381. The standard InChI is InChI=1S/C21H24N4O/c1-14-8-7-9-17(12-14)19-15(2)23-25-16(3)18(13-22-20(19)25)21(26)24-10-5-4-6-11-24/h7-9,12-13H,4-6,10-11H2,1-3H3. The first-order chi connectivity index (χ1) is 12.6. The summed E-state index contributed by atoms with van der Waals surface area (Å²) in [5, 5.41) is 4.69. The molecule has 5 nitrogen and oxygen atoms in total. The van der Waals surface area contributed by atoms with E-state index in [-0.39, 0.29) is 5.91 Å². The summed E-state index contributed by atoms with van der Waals surface area (Å²) in [4.78, 5) is 19.5. The van der Waals surface area contributed by atoms with E-state index >= 15 is 0 Å². The summed E-state index contributed by atoms with van der Waals surface area (Å²) in [6.45, 7) is 7.71. The number of hydrogen-bond donors (Lipinski definition) is 0. The predicted molar refractivity (Wildman–Crippen MR) is 102 cm³/mol. The molecule has 5 heteroatoms. The maximum atomic E-state index is 12.9. The average molecular weight is 348 g/mol. The Morgan fingerprint density at radius 2 is 1.85 bits per heavy atom. The zero-order chi connectivity index (χ0) is 18.3. The van der Waals surface area contributed by atoms with E-state index in [0.717, 1.165) is 54.1 Å². The minimum atomic E-state index is 0.0712. The Morgan fingerprint density at radius 3 is 2.58 bits per heavy atom. The molecular formula is C21H24N4O. The minimum absolute atomic E-state index is 0.0712. The third kappa shape index (κ3) is 2.77. The fourth-order valence-corrected chi connectivity index (χ4v) is 3.82. The number of nitrogens with zero attached hydrogens (tertiary/aromatic N) is 4. The molecular weight excluding hydrogens is 324 g/mol. The lowest BCUT2D eigenvalue weighted by Gasteiger charge is -2.27. The van der Waals surface area contributed by atoms with E-state index in [1.807, 2.05) is 23.3 Å². The van der Waals surface area contributed by atoms with Gasteiger partial charge in [0.1, 0.15) is 0 Å². The second-order valence-corrected chi connectivity index (χ2v) is 7.18. The number of carbonyl (C=O) groups is 1. The van der Waals surface area contributed by atoms with E-state index in [9.17, 15) is 4.79 Å². The second-order valence-electron chi connectivity index (χ2n) is 7.18. The number of fused-ring (bicyclic) bond motifs is 1. The molecule has 1 amide bonds. The molecule has 0 radical (unpaired) electrons. The highest BCUT2D eigenvalue weighted by molar-refractivity contribution is 5.95. The lowest BCUT2D eigenvalue weighted by molar-refractivity contribution is 0.0722. The third-order valence-electron chi connectivity index (χ3n) is 5.24. The minimum Gasteiger partial charge on any atom is -0.339 e. The summed E-state index contributed by atoms with van der Waals surface area (Å²) >= 11 is 0. The summed E-state index contributed by atoms with van der Waals surface area (Å²) in [7, 11) is 0. The van der Waals surface area contributed by atoms with Crippen molar-refractivity contribution in [2.24, 2.45) is 0 Å². The molecule has 2 aromatic heterocycles. The molecule has 0 spiro atoms. The highest BCUT2D eigenvalue weighted by atomic mass is 16.2. The molecule has 1 aliphatic rings. The highest BCUT2D eigenvalue weighted by Crippen LogP contribution is 2.29. The van der Waals surface area contributed by atoms with Gasteiger partial charge in [-0.05, 0) is 45.6 Å². The quantitative estimate of drug-likeness (QED) is 0.705. The van der Waals surface area contributed by atoms with Crippen molar-refractivity contribution in [3.8, 4) is 11.1 Å². The first-order valence-electron chi connectivity index (χ1n) is 9.27. The lowest BCUT2D eigenvalue weighted by atomic mass is 10.0. The van der Waals surface area contributed by atoms with Crippen molar-refractivity contribution < 1.29 is 4.79 Å². The van der Waals surface area contributed by atoms with Crippen LogP contribution in [0, 0.1) is 20.8 Å². The molecule has 1 aliphatic heterocycles. The largest absolute Gasteiger partial charge is 0.339 e. The first kappa shape index (κ1) is 16.8. The van der Waals surface area contributed by atoms with Crippen molar-refractivity contribution in [1.29, 1.82) is 0 Å². The summed E-state index contributed by atoms with van der Waals surface area (Å²) in [6.07, 6.45) is 5.10. The van der Waals surface area contributed by atoms with Gasteiger partial charge in [0.15, 0.2) is 5.65 Å². The lowest BCUT2D eigenvalue weighted by Crippen LogP contribution is -2.36. The van der Waals surface area contributed by atoms with Gasteiger partial charge in [-0.2, -0.15) is 5.10 Å². The van der Waals surface area contributed by atoms with Crippen molar-refractivity contribution in [2.75, 3.05) is 13.1 Å². The summed E-state index contributed by atoms with van der Waals surface area (Å²) in [6, 6.07) is 8.36. The zero-order valence-electron chi connectivity index (χ0n) is 15.6. The van der Waals surface area contributed by atoms with Gasteiger partial charge < -0.3 is 4.90 Å². The van der Waals surface area contributed by atoms with E-state index in [4.69, 9.17) is 5.10 Å². The van der Waals surface area contributed by atoms with E-state index in [0.29, 0.717) is 5.56 Å². The van der Waals surface area contributed by atoms with E-state index < -0.39 is 0 Å². The monoisotopic (exact) mass is 348 g/mol. The van der Waals surface area contributed by atoms with E-state index in [1.165, 1.54) is 12.0 Å². The van der Waals surface area contributed by atoms with Gasteiger partial charge in [0.2, 0.25) is 0 Å². The topological polar surface area (TPSA) is 50.5 Å². The molecule has 0 unspecified atom stereocenters. The molecule has 3 heterocycles. The Balaban J connectivity index is 1.81. The second kappa shape index (κ2) is 6.56. The number of aromatic nitrogens is 3. The molecule has 0 atom stereocenters. The molecule has 1 saturated heterocycles. The normalized spacial score (nSPS) is 14.8. The zero-order valence-corrected chi connectivity index (χ0v) is 15.6. The fourth-order valence-electron chi connectivity index (χ4n) is 3.82. The number of aryl methyl sites for hydroxylation is 3. The molecule has 1 fully saturated rings. The number of likely N-dealkylation sites (tertiary alicyclic amines) is 1. The number of benzene rings is 1. The summed E-state index contributed by atoms with van der Waals surface area (Å²) in [5.41, 5.74) is 6.59. The first-order valence-corrected chi connectivity index (χ1v) is 9.27. The van der Waals surface area contributed by atoms with Crippen molar-refractivity contribution >= 4 is 11.6 Å². The molecule has 4 rings (SSSR count). The van der Waals surface area contributed by atoms with Gasteiger partial charge in [-0.15, -0.1) is 0 Å². The molecule has 134 valence electrons. The Morgan fingerprint density at radius 1 is 1.08 bits per heavy atom. The molecule has 1 aromatic carbocycles. The third-order valence-corrected chi connectivity index (χ3v) is 5.24. The number of amides is 1. The molecule has 3 aromatic rings. The van der Waals surface area contributed by atoms with Crippen molar-refractivity contribution in [3.63, 3.8) is 0 Å². The van der Waals surface area contributed by atoms with Crippen LogP contribution in [-0.2, 0) is 0 Å². The number of piperidine rings is 1. The molecule has 0 bridgehead atoms. The highest BCUT2D eigenvalue weighted by Gasteiger charge is 2.23. The van der Waals surface area contributed by atoms with Crippen LogP contribution in [0.1, 0.15) is 46.6 Å². The van der Waals surface area contributed by atoms with Crippen molar-refractivity contribution in [3.05, 3.63) is 53.0 Å². The Kier molecular flexibility index (Phi) is 4.23. The van der Waals surface area contributed by atoms with Crippen LogP contribution in [0.25, 0.3) is 16.8 Å². The van der Waals surface area contributed by atoms with Crippen LogP contribution in [0.15, 0.2) is 30.5 Å². The molecule has 0 saturated carbocycles. The van der Waals surface area contributed by atoms with Gasteiger partial charge in [-0.3, -0.25) is 4.79 Å². The Hall–Kier alpha value is -2.69.